The quantitative estimate of drug-likeness (QED) is 0.855. The Bertz CT molecular complexity index is 557. The van der Waals surface area contributed by atoms with Crippen molar-refractivity contribution in [3.63, 3.8) is 0 Å². The molecule has 0 unspecified atom stereocenters. The van der Waals surface area contributed by atoms with E-state index < -0.39 is 0 Å². The number of rotatable bonds is 6. The Labute approximate surface area is 111 Å². The predicted octanol–water partition coefficient (Wildman–Crippen LogP) is 1.55. The SMILES string of the molecule is Cc1oc(COc2ncn(C)n2)cc1CNC1CC1. The van der Waals surface area contributed by atoms with E-state index in [2.05, 4.69) is 15.4 Å². The van der Waals surface area contributed by atoms with Crippen molar-refractivity contribution in [1.29, 1.82) is 0 Å². The number of hydrogen-bond acceptors (Lipinski definition) is 5. The first-order valence-electron chi connectivity index (χ1n) is 6.51. The zero-order valence-corrected chi connectivity index (χ0v) is 11.2. The van der Waals surface area contributed by atoms with Gasteiger partial charge in [0.15, 0.2) is 0 Å². The van der Waals surface area contributed by atoms with Gasteiger partial charge in [0.1, 0.15) is 24.5 Å². The molecule has 0 aromatic carbocycles. The lowest BCUT2D eigenvalue weighted by atomic mass is 10.2. The smallest absolute Gasteiger partial charge is 0.335 e. The monoisotopic (exact) mass is 262 g/mol. The number of aromatic nitrogens is 3. The Hall–Kier alpha value is -1.82. The van der Waals surface area contributed by atoms with Crippen molar-refractivity contribution in [2.24, 2.45) is 7.05 Å². The van der Waals surface area contributed by atoms with Crippen LogP contribution in [0.4, 0.5) is 0 Å². The maximum absolute atomic E-state index is 5.67. The highest BCUT2D eigenvalue weighted by Gasteiger charge is 2.21. The minimum Gasteiger partial charge on any atom is -0.462 e. The lowest BCUT2D eigenvalue weighted by Crippen LogP contribution is -2.15. The van der Waals surface area contributed by atoms with E-state index in [0.717, 1.165) is 18.1 Å². The molecule has 3 rings (SSSR count). The second-order valence-electron chi connectivity index (χ2n) is 4.94. The number of furan rings is 1. The molecular weight excluding hydrogens is 244 g/mol. The van der Waals surface area contributed by atoms with Crippen LogP contribution in [0.3, 0.4) is 0 Å². The molecule has 19 heavy (non-hydrogen) atoms. The minimum absolute atomic E-state index is 0.355. The van der Waals surface area contributed by atoms with Gasteiger partial charge in [-0.1, -0.05) is 0 Å². The summed E-state index contributed by atoms with van der Waals surface area (Å²) in [6.07, 6.45) is 4.18. The van der Waals surface area contributed by atoms with E-state index in [1.165, 1.54) is 18.4 Å². The molecule has 0 spiro atoms. The molecule has 2 aromatic heterocycles. The third-order valence-corrected chi connectivity index (χ3v) is 3.15. The van der Waals surface area contributed by atoms with Gasteiger partial charge in [0.25, 0.3) is 0 Å². The Morgan fingerprint density at radius 2 is 2.37 bits per heavy atom. The van der Waals surface area contributed by atoms with Crippen LogP contribution in [0, 0.1) is 6.92 Å². The molecule has 0 aliphatic heterocycles. The molecule has 6 nitrogen and oxygen atoms in total. The summed E-state index contributed by atoms with van der Waals surface area (Å²) in [4.78, 5) is 4.00. The lowest BCUT2D eigenvalue weighted by molar-refractivity contribution is 0.247. The normalized spacial score (nSPS) is 14.8. The summed E-state index contributed by atoms with van der Waals surface area (Å²) < 4.78 is 12.7. The molecule has 1 fully saturated rings. The van der Waals surface area contributed by atoms with Crippen LogP contribution >= 0.6 is 0 Å². The van der Waals surface area contributed by atoms with Crippen molar-refractivity contribution in [3.8, 4) is 6.01 Å². The molecule has 1 N–H and O–H groups in total. The number of nitrogens with zero attached hydrogens (tertiary/aromatic N) is 3. The van der Waals surface area contributed by atoms with Crippen LogP contribution < -0.4 is 10.1 Å². The molecule has 0 saturated heterocycles. The summed E-state index contributed by atoms with van der Waals surface area (Å²) in [5, 5.41) is 7.53. The first-order chi connectivity index (χ1) is 9.20. The molecule has 2 heterocycles. The average Bonchev–Trinajstić information content (AvgIpc) is 3.02. The molecule has 6 heteroatoms. The molecule has 0 bridgehead atoms. The van der Waals surface area contributed by atoms with Gasteiger partial charge in [0.2, 0.25) is 0 Å². The summed E-state index contributed by atoms with van der Waals surface area (Å²) in [6.45, 7) is 3.20. The van der Waals surface area contributed by atoms with Crippen LogP contribution in [-0.4, -0.2) is 20.8 Å². The molecule has 0 atom stereocenters. The predicted molar refractivity (Wildman–Crippen MR) is 68.6 cm³/mol. The summed E-state index contributed by atoms with van der Waals surface area (Å²) in [7, 11) is 1.80. The maximum atomic E-state index is 5.67. The number of aryl methyl sites for hydroxylation is 2. The lowest BCUT2D eigenvalue weighted by Gasteiger charge is -1.99. The molecule has 1 aliphatic rings. The molecule has 0 radical (unpaired) electrons. The van der Waals surface area contributed by atoms with Gasteiger partial charge in [-0.15, -0.1) is 5.10 Å². The number of hydrogen-bond donors (Lipinski definition) is 1. The number of nitrogens with one attached hydrogen (secondary N) is 1. The third kappa shape index (κ3) is 3.14. The van der Waals surface area contributed by atoms with E-state index in [1.54, 1.807) is 18.1 Å². The average molecular weight is 262 g/mol. The van der Waals surface area contributed by atoms with Crippen molar-refractivity contribution in [3.05, 3.63) is 29.5 Å². The van der Waals surface area contributed by atoms with Crippen LogP contribution in [0.1, 0.15) is 29.9 Å². The Morgan fingerprint density at radius 1 is 1.53 bits per heavy atom. The molecule has 1 saturated carbocycles. The number of ether oxygens (including phenoxy) is 1. The minimum atomic E-state index is 0.355. The van der Waals surface area contributed by atoms with Crippen LogP contribution in [0.25, 0.3) is 0 Å². The van der Waals surface area contributed by atoms with E-state index in [9.17, 15) is 0 Å². The van der Waals surface area contributed by atoms with Crippen molar-refractivity contribution in [2.75, 3.05) is 0 Å². The van der Waals surface area contributed by atoms with Crippen LogP contribution in [0.15, 0.2) is 16.8 Å². The fraction of sp³-hybridized carbons (Fsp3) is 0.538. The van der Waals surface area contributed by atoms with Crippen LogP contribution in [0.2, 0.25) is 0 Å². The van der Waals surface area contributed by atoms with Crippen molar-refractivity contribution in [1.82, 2.24) is 20.1 Å². The van der Waals surface area contributed by atoms with Crippen LogP contribution in [0.5, 0.6) is 6.01 Å². The highest BCUT2D eigenvalue weighted by molar-refractivity contribution is 5.20. The zero-order valence-electron chi connectivity index (χ0n) is 11.2. The standard InChI is InChI=1S/C13H18N4O2/c1-9-10(6-14-11-3-4-11)5-12(19-9)7-18-13-15-8-17(2)16-13/h5,8,11,14H,3-4,6-7H2,1-2H3. The summed E-state index contributed by atoms with van der Waals surface area (Å²) >= 11 is 0. The first kappa shape index (κ1) is 12.2. The molecular formula is C13H18N4O2. The summed E-state index contributed by atoms with van der Waals surface area (Å²) in [6, 6.07) is 3.11. The van der Waals surface area contributed by atoms with E-state index in [4.69, 9.17) is 9.15 Å². The topological polar surface area (TPSA) is 65.1 Å². The van der Waals surface area contributed by atoms with Gasteiger partial charge in [-0.2, -0.15) is 4.98 Å². The van der Waals surface area contributed by atoms with Crippen LogP contribution in [-0.2, 0) is 20.2 Å². The fourth-order valence-electron chi connectivity index (χ4n) is 1.90. The molecule has 102 valence electrons. The van der Waals surface area contributed by atoms with Gasteiger partial charge in [0, 0.05) is 25.2 Å². The Balaban J connectivity index is 1.56. The Kier molecular flexibility index (Phi) is 3.25. The van der Waals surface area contributed by atoms with Gasteiger partial charge >= 0.3 is 6.01 Å². The van der Waals surface area contributed by atoms with Crippen molar-refractivity contribution in [2.45, 2.75) is 39.0 Å². The van der Waals surface area contributed by atoms with E-state index in [-0.39, 0.29) is 0 Å². The van der Waals surface area contributed by atoms with E-state index >= 15 is 0 Å². The highest BCUT2D eigenvalue weighted by atomic mass is 16.5. The van der Waals surface area contributed by atoms with Gasteiger partial charge in [-0.25, -0.2) is 0 Å². The summed E-state index contributed by atoms with van der Waals surface area (Å²) in [5.41, 5.74) is 1.19. The third-order valence-electron chi connectivity index (χ3n) is 3.15. The molecule has 2 aromatic rings. The van der Waals surface area contributed by atoms with Gasteiger partial charge in [-0.3, -0.25) is 4.68 Å². The van der Waals surface area contributed by atoms with Crippen molar-refractivity contribution >= 4 is 0 Å². The maximum Gasteiger partial charge on any atom is 0.335 e. The molecule has 0 amide bonds. The van der Waals surface area contributed by atoms with Gasteiger partial charge in [-0.05, 0) is 25.8 Å². The van der Waals surface area contributed by atoms with E-state index in [1.807, 2.05) is 13.0 Å². The van der Waals surface area contributed by atoms with Gasteiger partial charge < -0.3 is 14.5 Å². The first-order valence-corrected chi connectivity index (χ1v) is 6.51. The second kappa shape index (κ2) is 5.05. The Morgan fingerprint density at radius 3 is 3.05 bits per heavy atom. The largest absolute Gasteiger partial charge is 0.462 e. The second-order valence-corrected chi connectivity index (χ2v) is 4.94. The summed E-state index contributed by atoms with van der Waals surface area (Å²) in [5.74, 6) is 1.75. The zero-order chi connectivity index (χ0) is 13.2. The van der Waals surface area contributed by atoms with E-state index in [0.29, 0.717) is 18.7 Å². The van der Waals surface area contributed by atoms with Crippen molar-refractivity contribution < 1.29 is 9.15 Å². The fourth-order valence-corrected chi connectivity index (χ4v) is 1.90. The molecule has 1 aliphatic carbocycles. The van der Waals surface area contributed by atoms with Gasteiger partial charge in [0.05, 0.1) is 0 Å². The highest BCUT2D eigenvalue weighted by Crippen LogP contribution is 2.21.